The first-order chi connectivity index (χ1) is 4.30. The zero-order valence-electron chi connectivity index (χ0n) is 6.05. The fourth-order valence-corrected chi connectivity index (χ4v) is 0.655. The first-order valence-electron chi connectivity index (χ1n) is 3.53. The quantitative estimate of drug-likeness (QED) is 0.588. The van der Waals surface area contributed by atoms with E-state index in [0.29, 0.717) is 0 Å². The topological polar surface area (TPSA) is 37.3 Å². The van der Waals surface area contributed by atoms with Gasteiger partial charge in [0.1, 0.15) is 0 Å². The molecule has 1 N–H and O–H groups in total. The minimum atomic E-state index is -0.619. The first-order valence-corrected chi connectivity index (χ1v) is 3.53. The van der Waals surface area contributed by atoms with Gasteiger partial charge in [-0.25, -0.2) is 0 Å². The Bertz CT molecular complexity index is 84.9. The Kier molecular flexibility index (Phi) is 4.10. The SMILES string of the molecule is CC.O=C(O)C1CCC1. The van der Waals surface area contributed by atoms with Crippen LogP contribution in [0.1, 0.15) is 33.1 Å². The summed E-state index contributed by atoms with van der Waals surface area (Å²) in [6, 6.07) is 0. The van der Waals surface area contributed by atoms with E-state index in [1.807, 2.05) is 13.8 Å². The molecule has 0 spiro atoms. The van der Waals surface area contributed by atoms with Gasteiger partial charge in [-0.15, -0.1) is 0 Å². The maximum atomic E-state index is 9.98. The number of rotatable bonds is 1. The minimum absolute atomic E-state index is 0.000000000000000444. The predicted octanol–water partition coefficient (Wildman–Crippen LogP) is 1.90. The second-order valence-electron chi connectivity index (χ2n) is 1.97. The summed E-state index contributed by atoms with van der Waals surface area (Å²) in [6.07, 6.45) is 2.90. The van der Waals surface area contributed by atoms with Gasteiger partial charge in [0.25, 0.3) is 0 Å². The number of aliphatic carboxylic acids is 1. The van der Waals surface area contributed by atoms with Crippen molar-refractivity contribution in [1.29, 1.82) is 0 Å². The molecule has 1 aliphatic carbocycles. The molecule has 0 amide bonds. The standard InChI is InChI=1S/C5H8O2.C2H6/c6-5(7)4-2-1-3-4;1-2/h4H,1-3H2,(H,6,7);1-2H3. The molecule has 0 saturated heterocycles. The van der Waals surface area contributed by atoms with E-state index in [1.54, 1.807) is 0 Å². The molecule has 0 unspecified atom stereocenters. The largest absolute Gasteiger partial charge is 0.481 e. The van der Waals surface area contributed by atoms with Gasteiger partial charge in [-0.1, -0.05) is 20.3 Å². The number of hydrogen-bond acceptors (Lipinski definition) is 1. The first kappa shape index (κ1) is 8.47. The van der Waals surface area contributed by atoms with Gasteiger partial charge in [0, 0.05) is 0 Å². The lowest BCUT2D eigenvalue weighted by Gasteiger charge is -2.19. The normalized spacial score (nSPS) is 17.1. The highest BCUT2D eigenvalue weighted by Crippen LogP contribution is 2.25. The van der Waals surface area contributed by atoms with Crippen LogP contribution in [0.3, 0.4) is 0 Å². The van der Waals surface area contributed by atoms with E-state index < -0.39 is 5.97 Å². The second kappa shape index (κ2) is 4.36. The molecule has 0 heterocycles. The van der Waals surface area contributed by atoms with Crippen LogP contribution in [0.5, 0.6) is 0 Å². The molecular weight excluding hydrogens is 116 g/mol. The molecule has 1 rings (SSSR count). The van der Waals surface area contributed by atoms with Gasteiger partial charge in [-0.3, -0.25) is 4.79 Å². The van der Waals surface area contributed by atoms with Gasteiger partial charge in [0.15, 0.2) is 0 Å². The Hall–Kier alpha value is -0.530. The highest BCUT2D eigenvalue weighted by atomic mass is 16.4. The molecule has 1 aliphatic rings. The summed E-state index contributed by atoms with van der Waals surface area (Å²) in [5.74, 6) is -0.619. The third-order valence-corrected chi connectivity index (χ3v) is 1.45. The summed E-state index contributed by atoms with van der Waals surface area (Å²) < 4.78 is 0. The fraction of sp³-hybridized carbons (Fsp3) is 0.857. The lowest BCUT2D eigenvalue weighted by Crippen LogP contribution is -2.20. The Balaban J connectivity index is 0.000000291. The summed E-state index contributed by atoms with van der Waals surface area (Å²) in [5.41, 5.74) is 0. The molecule has 2 heteroatoms. The highest BCUT2D eigenvalue weighted by Gasteiger charge is 2.23. The fourth-order valence-electron chi connectivity index (χ4n) is 0.655. The van der Waals surface area contributed by atoms with Gasteiger partial charge < -0.3 is 5.11 Å². The van der Waals surface area contributed by atoms with Crippen molar-refractivity contribution in [2.24, 2.45) is 5.92 Å². The zero-order valence-corrected chi connectivity index (χ0v) is 6.05. The van der Waals surface area contributed by atoms with Crippen LogP contribution in [0.15, 0.2) is 0 Å². The molecule has 0 aromatic rings. The summed E-state index contributed by atoms with van der Waals surface area (Å²) in [6.45, 7) is 4.00. The summed E-state index contributed by atoms with van der Waals surface area (Å²) in [7, 11) is 0. The van der Waals surface area contributed by atoms with Crippen molar-refractivity contribution in [1.82, 2.24) is 0 Å². The van der Waals surface area contributed by atoms with Gasteiger partial charge in [0.05, 0.1) is 5.92 Å². The Morgan fingerprint density at radius 1 is 1.44 bits per heavy atom. The number of carbonyl (C=O) groups is 1. The smallest absolute Gasteiger partial charge is 0.306 e. The van der Waals surface area contributed by atoms with Gasteiger partial charge >= 0.3 is 5.97 Å². The van der Waals surface area contributed by atoms with E-state index in [4.69, 9.17) is 5.11 Å². The van der Waals surface area contributed by atoms with Crippen molar-refractivity contribution in [3.8, 4) is 0 Å². The summed E-state index contributed by atoms with van der Waals surface area (Å²) >= 11 is 0. The predicted molar refractivity (Wildman–Crippen MR) is 36.3 cm³/mol. The Morgan fingerprint density at radius 3 is 1.89 bits per heavy atom. The molecule has 9 heavy (non-hydrogen) atoms. The van der Waals surface area contributed by atoms with Crippen molar-refractivity contribution in [2.75, 3.05) is 0 Å². The molecular formula is C7H14O2. The second-order valence-corrected chi connectivity index (χ2v) is 1.97. The van der Waals surface area contributed by atoms with Crippen molar-refractivity contribution in [3.05, 3.63) is 0 Å². The summed E-state index contributed by atoms with van der Waals surface area (Å²) in [5, 5.41) is 8.23. The van der Waals surface area contributed by atoms with Gasteiger partial charge in [-0.05, 0) is 12.8 Å². The van der Waals surface area contributed by atoms with Crippen LogP contribution < -0.4 is 0 Å². The lowest BCUT2D eigenvalue weighted by molar-refractivity contribution is -0.144. The molecule has 0 radical (unpaired) electrons. The van der Waals surface area contributed by atoms with E-state index in [2.05, 4.69) is 0 Å². The number of carboxylic acids is 1. The zero-order chi connectivity index (χ0) is 7.28. The summed E-state index contributed by atoms with van der Waals surface area (Å²) in [4.78, 5) is 9.98. The van der Waals surface area contributed by atoms with Crippen LogP contribution in [0.4, 0.5) is 0 Å². The van der Waals surface area contributed by atoms with E-state index in [9.17, 15) is 4.79 Å². The van der Waals surface area contributed by atoms with Crippen LogP contribution in [0.2, 0.25) is 0 Å². The third-order valence-electron chi connectivity index (χ3n) is 1.45. The van der Waals surface area contributed by atoms with Gasteiger partial charge in [-0.2, -0.15) is 0 Å². The van der Waals surface area contributed by atoms with E-state index in [-0.39, 0.29) is 5.92 Å². The number of carboxylic acid groups (broad SMARTS) is 1. The maximum absolute atomic E-state index is 9.98. The molecule has 0 atom stereocenters. The molecule has 2 nitrogen and oxygen atoms in total. The van der Waals surface area contributed by atoms with E-state index in [0.717, 1.165) is 19.3 Å². The van der Waals surface area contributed by atoms with Crippen molar-refractivity contribution < 1.29 is 9.90 Å². The molecule has 54 valence electrons. The molecule has 1 saturated carbocycles. The van der Waals surface area contributed by atoms with Crippen LogP contribution in [-0.4, -0.2) is 11.1 Å². The molecule has 0 aliphatic heterocycles. The lowest BCUT2D eigenvalue weighted by atomic mass is 9.86. The minimum Gasteiger partial charge on any atom is -0.481 e. The Morgan fingerprint density at radius 2 is 1.89 bits per heavy atom. The van der Waals surface area contributed by atoms with Crippen molar-refractivity contribution in [3.63, 3.8) is 0 Å². The molecule has 1 fully saturated rings. The molecule has 0 aromatic heterocycles. The molecule has 0 bridgehead atoms. The van der Waals surface area contributed by atoms with Crippen LogP contribution in [-0.2, 0) is 4.79 Å². The van der Waals surface area contributed by atoms with Crippen molar-refractivity contribution >= 4 is 5.97 Å². The van der Waals surface area contributed by atoms with Crippen LogP contribution in [0.25, 0.3) is 0 Å². The van der Waals surface area contributed by atoms with E-state index >= 15 is 0 Å². The average Bonchev–Trinajstić information content (AvgIpc) is 1.65. The Labute approximate surface area is 55.9 Å². The van der Waals surface area contributed by atoms with E-state index in [1.165, 1.54) is 0 Å². The maximum Gasteiger partial charge on any atom is 0.306 e. The van der Waals surface area contributed by atoms with Gasteiger partial charge in [0.2, 0.25) is 0 Å². The van der Waals surface area contributed by atoms with Crippen LogP contribution >= 0.6 is 0 Å². The highest BCUT2D eigenvalue weighted by molar-refractivity contribution is 5.70. The molecule has 0 aromatic carbocycles. The number of hydrogen-bond donors (Lipinski definition) is 1. The van der Waals surface area contributed by atoms with Crippen molar-refractivity contribution in [2.45, 2.75) is 33.1 Å². The monoisotopic (exact) mass is 130 g/mol. The average molecular weight is 130 g/mol. The van der Waals surface area contributed by atoms with Crippen LogP contribution in [0, 0.1) is 5.92 Å². The third kappa shape index (κ3) is 2.49.